The normalized spacial score (nSPS) is 18.4. The van der Waals surface area contributed by atoms with Crippen molar-refractivity contribution in [3.05, 3.63) is 28.8 Å². The van der Waals surface area contributed by atoms with Gasteiger partial charge in [0, 0.05) is 0 Å². The van der Waals surface area contributed by atoms with Gasteiger partial charge in [-0.05, 0) is 48.9 Å². The molecule has 0 atom stereocenters. The van der Waals surface area contributed by atoms with Crippen LogP contribution in [0.3, 0.4) is 0 Å². The highest BCUT2D eigenvalue weighted by atomic mass is 16.2. The minimum atomic E-state index is -0.493. The summed E-state index contributed by atoms with van der Waals surface area (Å²) in [5.74, 6) is -0.884. The lowest BCUT2D eigenvalue weighted by Gasteiger charge is -2.16. The van der Waals surface area contributed by atoms with Crippen LogP contribution in [-0.2, 0) is 17.6 Å². The molecule has 1 heterocycles. The maximum absolute atomic E-state index is 11.5. The minimum absolute atomic E-state index is 0.390. The van der Waals surface area contributed by atoms with Crippen molar-refractivity contribution in [3.8, 4) is 0 Å². The Hall–Kier alpha value is -1.64. The molecule has 1 N–H and O–H groups in total. The number of hydrogen-bond donors (Lipinski definition) is 1. The first-order valence-electron chi connectivity index (χ1n) is 5.27. The smallest absolute Gasteiger partial charge is 0.296 e. The topological polar surface area (TPSA) is 46.2 Å². The maximum atomic E-state index is 11.5. The summed E-state index contributed by atoms with van der Waals surface area (Å²) >= 11 is 0. The van der Waals surface area contributed by atoms with Crippen LogP contribution < -0.4 is 5.32 Å². The van der Waals surface area contributed by atoms with Gasteiger partial charge in [0.2, 0.25) is 0 Å². The molecular formula is C12H11NO2. The third-order valence-corrected chi connectivity index (χ3v) is 3.18. The van der Waals surface area contributed by atoms with Crippen LogP contribution >= 0.6 is 0 Å². The lowest BCUT2D eigenvalue weighted by atomic mass is 9.89. The zero-order chi connectivity index (χ0) is 10.4. The van der Waals surface area contributed by atoms with Crippen LogP contribution in [0.4, 0.5) is 5.69 Å². The molecule has 3 nitrogen and oxygen atoms in total. The second-order valence-corrected chi connectivity index (χ2v) is 4.16. The van der Waals surface area contributed by atoms with Gasteiger partial charge >= 0.3 is 0 Å². The van der Waals surface area contributed by atoms with Gasteiger partial charge in [-0.3, -0.25) is 9.59 Å². The van der Waals surface area contributed by atoms with Crippen molar-refractivity contribution in [2.24, 2.45) is 0 Å². The molecule has 0 aromatic heterocycles. The summed E-state index contributed by atoms with van der Waals surface area (Å²) in [6, 6.07) is 3.86. The van der Waals surface area contributed by atoms with Crippen molar-refractivity contribution in [1.82, 2.24) is 0 Å². The van der Waals surface area contributed by atoms with E-state index in [9.17, 15) is 9.59 Å². The summed E-state index contributed by atoms with van der Waals surface area (Å²) in [7, 11) is 0. The standard InChI is InChI=1S/C12H11NO2/c14-11-9-5-7-3-1-2-4-8(7)6-10(9)13-12(11)15/h5-6H,1-4H2,(H,13,14,15). The lowest BCUT2D eigenvalue weighted by molar-refractivity contribution is -0.112. The van der Waals surface area contributed by atoms with Crippen LogP contribution in [0.2, 0.25) is 0 Å². The molecule has 0 spiro atoms. The third kappa shape index (κ3) is 1.19. The van der Waals surface area contributed by atoms with Gasteiger partial charge in [0.05, 0.1) is 11.3 Å². The number of aryl methyl sites for hydroxylation is 2. The average Bonchev–Trinajstić information content (AvgIpc) is 2.52. The van der Waals surface area contributed by atoms with E-state index in [4.69, 9.17) is 0 Å². The zero-order valence-electron chi connectivity index (χ0n) is 8.30. The SMILES string of the molecule is O=C1Nc2cc3c(cc2C1=O)CCCC3. The second kappa shape index (κ2) is 2.92. The summed E-state index contributed by atoms with van der Waals surface area (Å²) in [6.07, 6.45) is 4.48. The predicted molar refractivity (Wildman–Crippen MR) is 56.0 cm³/mol. The largest absolute Gasteiger partial charge is 0.318 e. The Morgan fingerprint density at radius 1 is 1.00 bits per heavy atom. The highest BCUT2D eigenvalue weighted by Gasteiger charge is 2.29. The van der Waals surface area contributed by atoms with E-state index < -0.39 is 11.7 Å². The third-order valence-electron chi connectivity index (χ3n) is 3.18. The molecule has 3 heteroatoms. The molecule has 0 radical (unpaired) electrons. The van der Waals surface area contributed by atoms with Gasteiger partial charge < -0.3 is 5.32 Å². The predicted octanol–water partition coefficient (Wildman–Crippen LogP) is 1.70. The Balaban J connectivity index is 2.16. The molecule has 0 saturated heterocycles. The first-order chi connectivity index (χ1) is 7.25. The first-order valence-corrected chi connectivity index (χ1v) is 5.27. The van der Waals surface area contributed by atoms with Crippen LogP contribution in [0.5, 0.6) is 0 Å². The van der Waals surface area contributed by atoms with Crippen LogP contribution in [0.15, 0.2) is 12.1 Å². The summed E-state index contributed by atoms with van der Waals surface area (Å²) in [5.41, 5.74) is 3.78. The van der Waals surface area contributed by atoms with Crippen molar-refractivity contribution < 1.29 is 9.59 Å². The Labute approximate surface area is 87.5 Å². The van der Waals surface area contributed by atoms with Crippen molar-refractivity contribution in [1.29, 1.82) is 0 Å². The van der Waals surface area contributed by atoms with E-state index in [2.05, 4.69) is 5.32 Å². The molecule has 0 saturated carbocycles. The fraction of sp³-hybridized carbons (Fsp3) is 0.333. The molecule has 1 amide bonds. The van der Waals surface area contributed by atoms with Crippen LogP contribution in [0.1, 0.15) is 34.3 Å². The van der Waals surface area contributed by atoms with E-state index in [0.717, 1.165) is 12.8 Å². The summed E-state index contributed by atoms with van der Waals surface area (Å²) in [5, 5.41) is 2.61. The average molecular weight is 201 g/mol. The number of Topliss-reactive ketones (excluding diaryl/α,β-unsaturated/α-hetero) is 1. The fourth-order valence-corrected chi connectivity index (χ4v) is 2.38. The van der Waals surface area contributed by atoms with Crippen molar-refractivity contribution in [2.45, 2.75) is 25.7 Å². The highest BCUT2D eigenvalue weighted by molar-refractivity contribution is 6.51. The minimum Gasteiger partial charge on any atom is -0.318 e. The molecule has 1 aliphatic carbocycles. The van der Waals surface area contributed by atoms with Crippen molar-refractivity contribution in [2.75, 3.05) is 5.32 Å². The number of fused-ring (bicyclic) bond motifs is 2. The second-order valence-electron chi connectivity index (χ2n) is 4.16. The van der Waals surface area contributed by atoms with Gasteiger partial charge in [-0.25, -0.2) is 0 Å². The van der Waals surface area contributed by atoms with Crippen molar-refractivity contribution in [3.63, 3.8) is 0 Å². The molecule has 0 unspecified atom stereocenters. The van der Waals surface area contributed by atoms with Crippen LogP contribution in [-0.4, -0.2) is 11.7 Å². The van der Waals surface area contributed by atoms with E-state index in [1.165, 1.54) is 24.0 Å². The van der Waals surface area contributed by atoms with Crippen molar-refractivity contribution >= 4 is 17.4 Å². The molecule has 1 aliphatic heterocycles. The van der Waals surface area contributed by atoms with Gasteiger partial charge in [0.1, 0.15) is 0 Å². The highest BCUT2D eigenvalue weighted by Crippen LogP contribution is 2.30. The van der Waals surface area contributed by atoms with Gasteiger partial charge in [0.15, 0.2) is 0 Å². The Morgan fingerprint density at radius 2 is 1.67 bits per heavy atom. The molecule has 15 heavy (non-hydrogen) atoms. The van der Waals surface area contributed by atoms with Gasteiger partial charge in [0.25, 0.3) is 11.7 Å². The lowest BCUT2D eigenvalue weighted by Crippen LogP contribution is -2.12. The van der Waals surface area contributed by atoms with Crippen LogP contribution in [0.25, 0.3) is 0 Å². The number of amides is 1. The quantitative estimate of drug-likeness (QED) is 0.649. The number of carbonyl (C=O) groups excluding carboxylic acids is 2. The summed E-state index contributed by atoms with van der Waals surface area (Å²) < 4.78 is 0. The monoisotopic (exact) mass is 201 g/mol. The van der Waals surface area contributed by atoms with Gasteiger partial charge in [-0.2, -0.15) is 0 Å². The number of anilines is 1. The summed E-state index contributed by atoms with van der Waals surface area (Å²) in [6.45, 7) is 0. The number of rotatable bonds is 0. The number of benzene rings is 1. The van der Waals surface area contributed by atoms with Crippen LogP contribution in [0, 0.1) is 0 Å². The number of hydrogen-bond acceptors (Lipinski definition) is 2. The molecular weight excluding hydrogens is 190 g/mol. The zero-order valence-corrected chi connectivity index (χ0v) is 8.30. The fourth-order valence-electron chi connectivity index (χ4n) is 2.38. The van der Waals surface area contributed by atoms with E-state index in [0.29, 0.717) is 11.3 Å². The molecule has 3 rings (SSSR count). The molecule has 0 fully saturated rings. The van der Waals surface area contributed by atoms with E-state index in [1.807, 2.05) is 12.1 Å². The summed E-state index contributed by atoms with van der Waals surface area (Å²) in [4.78, 5) is 22.7. The van der Waals surface area contributed by atoms with Gasteiger partial charge in [-0.1, -0.05) is 0 Å². The molecule has 2 aliphatic rings. The van der Waals surface area contributed by atoms with E-state index in [-0.39, 0.29) is 0 Å². The Bertz CT molecular complexity index is 477. The Kier molecular flexibility index (Phi) is 1.69. The van der Waals surface area contributed by atoms with E-state index in [1.54, 1.807) is 0 Å². The first kappa shape index (κ1) is 8.65. The maximum Gasteiger partial charge on any atom is 0.296 e. The molecule has 1 aromatic carbocycles. The molecule has 76 valence electrons. The number of nitrogens with one attached hydrogen (secondary N) is 1. The molecule has 1 aromatic rings. The number of ketones is 1. The number of carbonyl (C=O) groups is 2. The van der Waals surface area contributed by atoms with E-state index >= 15 is 0 Å². The molecule has 0 bridgehead atoms. The van der Waals surface area contributed by atoms with Gasteiger partial charge in [-0.15, -0.1) is 0 Å². The Morgan fingerprint density at radius 3 is 2.40 bits per heavy atom.